The van der Waals surface area contributed by atoms with E-state index in [0.717, 1.165) is 24.3 Å². The van der Waals surface area contributed by atoms with E-state index in [1.54, 1.807) is 0 Å². The van der Waals surface area contributed by atoms with E-state index in [4.69, 9.17) is 27.3 Å². The van der Waals surface area contributed by atoms with Crippen LogP contribution in [0.3, 0.4) is 0 Å². The van der Waals surface area contributed by atoms with Gasteiger partial charge in [0.15, 0.2) is 5.84 Å². The summed E-state index contributed by atoms with van der Waals surface area (Å²) in [6.45, 7) is 0. The van der Waals surface area contributed by atoms with Crippen LogP contribution in [0.2, 0.25) is 5.02 Å². The minimum absolute atomic E-state index is 0.00569. The van der Waals surface area contributed by atoms with Gasteiger partial charge in [0.05, 0.1) is 15.5 Å². The number of rotatable bonds is 4. The zero-order chi connectivity index (χ0) is 18.8. The first-order chi connectivity index (χ1) is 11.6. The maximum absolute atomic E-state index is 12.6. The van der Waals surface area contributed by atoms with Crippen molar-refractivity contribution in [1.82, 2.24) is 0 Å². The van der Waals surface area contributed by atoms with E-state index in [2.05, 4.69) is 5.16 Å². The lowest BCUT2D eigenvalue weighted by atomic mass is 10.1. The van der Waals surface area contributed by atoms with Gasteiger partial charge in [0.1, 0.15) is 17.1 Å². The van der Waals surface area contributed by atoms with E-state index in [0.29, 0.717) is 6.07 Å². The SMILES string of the molecule is NC(=NO)c1cc(Oc2ccc(C(F)(F)F)cc2Cl)ccc1[N+](=O)[O-]. The van der Waals surface area contributed by atoms with Crippen LogP contribution in [-0.2, 0) is 6.18 Å². The van der Waals surface area contributed by atoms with Gasteiger partial charge in [0.2, 0.25) is 0 Å². The smallest absolute Gasteiger partial charge is 0.416 e. The van der Waals surface area contributed by atoms with Gasteiger partial charge >= 0.3 is 6.18 Å². The van der Waals surface area contributed by atoms with E-state index in [9.17, 15) is 23.3 Å². The minimum atomic E-state index is -4.56. The Balaban J connectivity index is 2.40. The van der Waals surface area contributed by atoms with Gasteiger partial charge < -0.3 is 15.7 Å². The Labute approximate surface area is 143 Å². The highest BCUT2D eigenvalue weighted by atomic mass is 35.5. The summed E-state index contributed by atoms with van der Waals surface area (Å²) in [7, 11) is 0. The molecule has 3 N–H and O–H groups in total. The molecule has 7 nitrogen and oxygen atoms in total. The Morgan fingerprint density at radius 3 is 2.48 bits per heavy atom. The number of amidine groups is 1. The zero-order valence-electron chi connectivity index (χ0n) is 12.1. The van der Waals surface area contributed by atoms with Crippen LogP contribution in [0.25, 0.3) is 0 Å². The first kappa shape index (κ1) is 18.3. The highest BCUT2D eigenvalue weighted by Gasteiger charge is 2.31. The van der Waals surface area contributed by atoms with E-state index in [1.165, 1.54) is 6.07 Å². The summed E-state index contributed by atoms with van der Waals surface area (Å²) in [5.74, 6) is -0.640. The fraction of sp³-hybridized carbons (Fsp3) is 0.0714. The fourth-order valence-electron chi connectivity index (χ4n) is 1.88. The number of benzene rings is 2. The predicted octanol–water partition coefficient (Wildman–Crippen LogP) is 4.15. The van der Waals surface area contributed by atoms with Crippen molar-refractivity contribution in [3.05, 3.63) is 62.7 Å². The average Bonchev–Trinajstić information content (AvgIpc) is 2.54. The Bertz CT molecular complexity index is 856. The molecule has 0 heterocycles. The zero-order valence-corrected chi connectivity index (χ0v) is 12.9. The summed E-state index contributed by atoms with van der Waals surface area (Å²) >= 11 is 5.78. The molecule has 0 unspecified atom stereocenters. The van der Waals surface area contributed by atoms with Crippen LogP contribution < -0.4 is 10.5 Å². The van der Waals surface area contributed by atoms with Gasteiger partial charge in [-0.05, 0) is 30.3 Å². The molecule has 0 aliphatic heterocycles. The van der Waals surface area contributed by atoms with Crippen LogP contribution in [0.1, 0.15) is 11.1 Å². The van der Waals surface area contributed by atoms with Crippen molar-refractivity contribution in [1.29, 1.82) is 0 Å². The number of halogens is 4. The molecular weight excluding hydrogens is 367 g/mol. The molecule has 132 valence electrons. The second-order valence-electron chi connectivity index (χ2n) is 4.67. The molecule has 2 rings (SSSR count). The molecule has 2 aromatic rings. The van der Waals surface area contributed by atoms with Crippen LogP contribution >= 0.6 is 11.6 Å². The number of nitro benzene ring substituents is 1. The number of nitrogens with zero attached hydrogens (tertiary/aromatic N) is 2. The van der Waals surface area contributed by atoms with Gasteiger partial charge in [-0.15, -0.1) is 0 Å². The van der Waals surface area contributed by atoms with Gasteiger partial charge in [-0.2, -0.15) is 13.2 Å². The largest absolute Gasteiger partial charge is 0.456 e. The van der Waals surface area contributed by atoms with Crippen molar-refractivity contribution in [3.8, 4) is 11.5 Å². The molecule has 0 saturated heterocycles. The van der Waals surface area contributed by atoms with Crippen LogP contribution in [0.15, 0.2) is 41.6 Å². The third kappa shape index (κ3) is 4.10. The maximum Gasteiger partial charge on any atom is 0.416 e. The molecule has 25 heavy (non-hydrogen) atoms. The van der Waals surface area contributed by atoms with Crippen LogP contribution in [-0.4, -0.2) is 16.0 Å². The second kappa shape index (κ2) is 6.85. The van der Waals surface area contributed by atoms with Gasteiger partial charge in [-0.1, -0.05) is 16.8 Å². The average molecular weight is 376 g/mol. The Morgan fingerprint density at radius 1 is 1.28 bits per heavy atom. The number of ether oxygens (including phenoxy) is 1. The van der Waals surface area contributed by atoms with Crippen molar-refractivity contribution in [3.63, 3.8) is 0 Å². The second-order valence-corrected chi connectivity index (χ2v) is 5.07. The fourth-order valence-corrected chi connectivity index (χ4v) is 2.10. The summed E-state index contributed by atoms with van der Waals surface area (Å²) in [5, 5.41) is 22.0. The van der Waals surface area contributed by atoms with Gasteiger partial charge in [0, 0.05) is 6.07 Å². The number of nitro groups is 1. The molecular formula is C14H9ClF3N3O4. The number of nitrogens with two attached hydrogens (primary N) is 1. The van der Waals surface area contributed by atoms with Gasteiger partial charge in [-0.25, -0.2) is 0 Å². The number of alkyl halides is 3. The third-order valence-electron chi connectivity index (χ3n) is 3.04. The van der Waals surface area contributed by atoms with Gasteiger partial charge in [0.25, 0.3) is 5.69 Å². The highest BCUT2D eigenvalue weighted by molar-refractivity contribution is 6.32. The number of hydrogen-bond acceptors (Lipinski definition) is 5. The van der Waals surface area contributed by atoms with E-state index >= 15 is 0 Å². The van der Waals surface area contributed by atoms with Crippen LogP contribution in [0.4, 0.5) is 18.9 Å². The molecule has 11 heteroatoms. The van der Waals surface area contributed by atoms with Crippen molar-refractivity contribution >= 4 is 23.1 Å². The molecule has 0 amide bonds. The summed E-state index contributed by atoms with van der Waals surface area (Å²) < 4.78 is 43.2. The van der Waals surface area contributed by atoms with Crippen molar-refractivity contribution in [2.45, 2.75) is 6.18 Å². The Hall–Kier alpha value is -3.01. The van der Waals surface area contributed by atoms with E-state index < -0.39 is 28.2 Å². The molecule has 0 aliphatic carbocycles. The van der Waals surface area contributed by atoms with Crippen LogP contribution in [0, 0.1) is 10.1 Å². The maximum atomic E-state index is 12.6. The quantitative estimate of drug-likeness (QED) is 0.274. The van der Waals surface area contributed by atoms with E-state index in [1.807, 2.05) is 0 Å². The lowest BCUT2D eigenvalue weighted by Gasteiger charge is -2.12. The molecule has 0 spiro atoms. The Kier molecular flexibility index (Phi) is 5.02. The molecule has 0 radical (unpaired) electrons. The lowest BCUT2D eigenvalue weighted by molar-refractivity contribution is -0.385. The monoisotopic (exact) mass is 375 g/mol. The summed E-state index contributed by atoms with van der Waals surface area (Å²) in [6.07, 6.45) is -4.56. The number of oxime groups is 1. The van der Waals surface area contributed by atoms with Crippen molar-refractivity contribution < 1.29 is 28.0 Å². The first-order valence-electron chi connectivity index (χ1n) is 6.44. The summed E-state index contributed by atoms with van der Waals surface area (Å²) in [4.78, 5) is 10.2. The molecule has 0 aromatic heterocycles. The standard InChI is InChI=1S/C14H9ClF3N3O4/c15-10-5-7(14(16,17)18)1-4-12(10)25-8-2-3-11(21(23)24)9(6-8)13(19)20-22/h1-6,22H,(H2,19,20). The molecule has 2 aromatic carbocycles. The topological polar surface area (TPSA) is 111 Å². The van der Waals surface area contributed by atoms with Crippen molar-refractivity contribution in [2.24, 2.45) is 10.9 Å². The van der Waals surface area contributed by atoms with Crippen molar-refractivity contribution in [2.75, 3.05) is 0 Å². The highest BCUT2D eigenvalue weighted by Crippen LogP contribution is 2.37. The Morgan fingerprint density at radius 2 is 1.96 bits per heavy atom. The molecule has 0 bridgehead atoms. The third-order valence-corrected chi connectivity index (χ3v) is 3.33. The predicted molar refractivity (Wildman–Crippen MR) is 82.1 cm³/mol. The normalized spacial score (nSPS) is 12.1. The van der Waals surface area contributed by atoms with Gasteiger partial charge in [-0.3, -0.25) is 10.1 Å². The van der Waals surface area contributed by atoms with E-state index in [-0.39, 0.29) is 22.1 Å². The molecule has 0 fully saturated rings. The summed E-state index contributed by atoms with van der Waals surface area (Å²) in [5.41, 5.74) is 3.76. The lowest BCUT2D eigenvalue weighted by Crippen LogP contribution is -2.15. The molecule has 0 saturated carbocycles. The molecule has 0 aliphatic rings. The first-order valence-corrected chi connectivity index (χ1v) is 6.82. The van der Waals surface area contributed by atoms with Crippen LogP contribution in [0.5, 0.6) is 11.5 Å². The molecule has 0 atom stereocenters. The number of hydrogen-bond donors (Lipinski definition) is 2. The minimum Gasteiger partial charge on any atom is -0.456 e. The summed E-state index contributed by atoms with van der Waals surface area (Å²) in [6, 6.07) is 5.81.